The number of ether oxygens (including phenoxy) is 2. The topological polar surface area (TPSA) is 78.3 Å². The largest absolute Gasteiger partial charge is 0.599 e. The number of aromatic nitrogens is 3. The Morgan fingerprint density at radius 3 is 2.31 bits per heavy atom. The fraction of sp³-hybridized carbons (Fsp3) is 0.120. The van der Waals surface area contributed by atoms with Crippen molar-refractivity contribution in [3.63, 3.8) is 0 Å². The molecule has 0 unspecified atom stereocenters. The summed E-state index contributed by atoms with van der Waals surface area (Å²) >= 11 is 0. The second-order valence-corrected chi connectivity index (χ2v) is 7.57. The van der Waals surface area contributed by atoms with E-state index in [1.165, 1.54) is 12.1 Å². The van der Waals surface area contributed by atoms with Gasteiger partial charge in [-0.05, 0) is 47.5 Å². The molecule has 0 spiro atoms. The molecule has 184 valence electrons. The van der Waals surface area contributed by atoms with E-state index in [2.05, 4.69) is 15.0 Å². The van der Waals surface area contributed by atoms with Crippen LogP contribution in [0.15, 0.2) is 73.1 Å². The van der Waals surface area contributed by atoms with E-state index in [1.807, 2.05) is 36.4 Å². The molecular weight excluding hydrogens is 699 g/mol. The molecule has 0 atom stereocenters. The Morgan fingerprint density at radius 1 is 0.943 bits per heavy atom. The summed E-state index contributed by atoms with van der Waals surface area (Å²) in [6, 6.07) is 17.4. The molecule has 5 rings (SSSR count). The van der Waals surface area contributed by atoms with Gasteiger partial charge >= 0.3 is 0 Å². The molecule has 1 aliphatic rings. The monoisotopic (exact) mass is 718 g/mol. The molecule has 10 heteroatoms. The van der Waals surface area contributed by atoms with E-state index in [0.717, 1.165) is 22.3 Å². The van der Waals surface area contributed by atoms with E-state index in [1.54, 1.807) is 29.2 Å². The summed E-state index contributed by atoms with van der Waals surface area (Å²) < 4.78 is 36.3. The third-order valence-corrected chi connectivity index (χ3v) is 5.40. The zero-order chi connectivity index (χ0) is 23.5. The smallest absolute Gasteiger partial charge is 0.270 e. The molecule has 1 N–H and O–H groups in total. The van der Waals surface area contributed by atoms with E-state index < -0.39 is 6.61 Å². The number of nitrogens with zero attached hydrogens (tertiary/aromatic N) is 3. The van der Waals surface area contributed by atoms with Crippen LogP contribution >= 0.6 is 0 Å². The quantitative estimate of drug-likeness (QED) is 0.281. The van der Waals surface area contributed by atoms with Crippen molar-refractivity contribution in [3.05, 3.63) is 90.9 Å². The van der Waals surface area contributed by atoms with Crippen LogP contribution in [0.5, 0.6) is 11.5 Å². The summed E-state index contributed by atoms with van der Waals surface area (Å²) in [7, 11) is 0. The Bertz CT molecular complexity index is 1300. The van der Waals surface area contributed by atoms with Crippen LogP contribution in [0.4, 0.5) is 8.78 Å². The van der Waals surface area contributed by atoms with E-state index in [0.29, 0.717) is 30.2 Å². The van der Waals surface area contributed by atoms with Gasteiger partial charge in [0.2, 0.25) is 0 Å². The Labute approximate surface area is 194 Å². The van der Waals surface area contributed by atoms with Crippen molar-refractivity contribution in [2.24, 2.45) is 0 Å². The van der Waals surface area contributed by atoms with Crippen LogP contribution in [0.3, 0.4) is 0 Å². The minimum absolute atomic E-state index is 0. The average Bonchev–Trinajstić information content (AvgIpc) is 3.25. The van der Waals surface area contributed by atoms with Gasteiger partial charge in [0.25, 0.3) is 5.91 Å². The minimum atomic E-state index is -2.10. The summed E-state index contributed by atoms with van der Waals surface area (Å²) in [5.41, 5.74) is 4.50. The predicted molar refractivity (Wildman–Crippen MR) is 120 cm³/mol. The van der Waals surface area contributed by atoms with Gasteiger partial charge in [0.15, 0.2) is 6.61 Å². The maximum Gasteiger partial charge on any atom is 0.270 e. The number of fused-ring (bicyclic) bond motifs is 1. The van der Waals surface area contributed by atoms with Crippen LogP contribution in [-0.4, -0.2) is 27.2 Å². The SMILES string of the molecule is O=C1NCCn2nc(-c3ccncc3)c(-c3ccc(OCc4ccc(O[C-](F)F)cc4)cc3)c21.[Fm]. The molecule has 1 aliphatic heterocycles. The summed E-state index contributed by atoms with van der Waals surface area (Å²) in [6.07, 6.45) is 3.39. The van der Waals surface area contributed by atoms with E-state index in [9.17, 15) is 13.6 Å². The summed E-state index contributed by atoms with van der Waals surface area (Å²) in [5.74, 6) is 0.530. The molecule has 2 aromatic heterocycles. The first-order valence-electron chi connectivity index (χ1n) is 10.6. The van der Waals surface area contributed by atoms with Gasteiger partial charge in [-0.1, -0.05) is 24.3 Å². The number of halogens is 2. The molecule has 0 aliphatic carbocycles. The minimum Gasteiger partial charge on any atom is -0.599 e. The first kappa shape index (κ1) is 22.9. The number of pyridine rings is 1. The van der Waals surface area contributed by atoms with Gasteiger partial charge in [0.1, 0.15) is 23.7 Å². The van der Waals surface area contributed by atoms with Gasteiger partial charge < -0.3 is 23.6 Å². The third-order valence-electron chi connectivity index (χ3n) is 5.40. The first-order chi connectivity index (χ1) is 16.6. The molecule has 1 amide bonds. The van der Waals surface area contributed by atoms with Gasteiger partial charge in [-0.2, -0.15) is 5.10 Å². The number of carbonyl (C=O) groups excluding carboxylic acids is 1. The number of hydrogen-bond acceptors (Lipinski definition) is 5. The van der Waals surface area contributed by atoms with Crippen molar-refractivity contribution >= 4 is 5.91 Å². The van der Waals surface area contributed by atoms with Gasteiger partial charge in [-0.25, -0.2) is 0 Å². The summed E-state index contributed by atoms with van der Waals surface area (Å²) in [4.78, 5) is 16.7. The van der Waals surface area contributed by atoms with E-state index in [-0.39, 0.29) is 18.3 Å². The Hall–Kier alpha value is -5.27. The molecule has 0 saturated heterocycles. The van der Waals surface area contributed by atoms with Crippen LogP contribution in [0.1, 0.15) is 16.1 Å². The van der Waals surface area contributed by atoms with Gasteiger partial charge in [0.05, 0.1) is 12.3 Å². The molecule has 0 saturated carbocycles. The fourth-order valence-corrected chi connectivity index (χ4v) is 3.83. The molecule has 7 nitrogen and oxygen atoms in total. The Balaban J connectivity index is 0.00000289. The van der Waals surface area contributed by atoms with Crippen LogP contribution in [-0.2, 0) is 13.2 Å². The molecular formula is C25H19F2FmN4O3-. The van der Waals surface area contributed by atoms with Gasteiger partial charge in [0, 0.05) is 30.1 Å². The number of hydrogen-bond donors (Lipinski definition) is 1. The fourth-order valence-electron chi connectivity index (χ4n) is 3.83. The van der Waals surface area contributed by atoms with Crippen molar-refractivity contribution in [1.29, 1.82) is 0 Å². The molecule has 0 bridgehead atoms. The van der Waals surface area contributed by atoms with Crippen LogP contribution in [0.2, 0.25) is 0 Å². The second-order valence-electron chi connectivity index (χ2n) is 7.57. The average molecular weight is 718 g/mol. The predicted octanol–water partition coefficient (Wildman–Crippen LogP) is 4.70. The maximum absolute atomic E-state index is 12.7. The van der Waals surface area contributed by atoms with Gasteiger partial charge in [-0.15, -0.1) is 0 Å². The molecule has 0 radical (unpaired) electrons. The number of nitrogens with one attached hydrogen (secondary N) is 1. The van der Waals surface area contributed by atoms with Crippen molar-refractivity contribution in [3.8, 4) is 33.9 Å². The summed E-state index contributed by atoms with van der Waals surface area (Å²) in [6.45, 7) is -0.715. The summed E-state index contributed by atoms with van der Waals surface area (Å²) in [5, 5.41) is 7.60. The molecule has 2 aromatic carbocycles. The number of benzene rings is 2. The zero-order valence-corrected chi connectivity index (χ0v) is 20.6. The van der Waals surface area contributed by atoms with Crippen LogP contribution in [0.25, 0.3) is 22.4 Å². The van der Waals surface area contributed by atoms with E-state index >= 15 is 0 Å². The second kappa shape index (κ2) is 9.70. The van der Waals surface area contributed by atoms with Crippen molar-refractivity contribution in [2.75, 3.05) is 6.54 Å². The van der Waals surface area contributed by atoms with Crippen molar-refractivity contribution in [1.82, 2.24) is 20.1 Å². The van der Waals surface area contributed by atoms with Crippen LogP contribution in [0, 0.1) is 6.61 Å². The standard InChI is InChI=1S/C25H19F2N4O3.Fm/c26-25(27)34-20-5-1-16(2-6-20)15-33-19-7-3-17(4-8-19)21-22(18-9-11-28-12-10-18)30-31-14-13-29-24(32)23(21)31;/h1-12H,13-15H2,(H,29,32);/q-1;. The third kappa shape index (κ3) is 4.75. The van der Waals surface area contributed by atoms with Crippen LogP contribution < -0.4 is 14.8 Å². The zero-order valence-electron chi connectivity index (χ0n) is 18.2. The molecule has 0 fully saturated rings. The number of amides is 1. The maximum atomic E-state index is 12.7. The molecule has 3 heterocycles. The van der Waals surface area contributed by atoms with Gasteiger partial charge in [-0.3, -0.25) is 14.5 Å². The molecule has 35 heavy (non-hydrogen) atoms. The first-order valence-corrected chi connectivity index (χ1v) is 10.6. The van der Waals surface area contributed by atoms with E-state index in [4.69, 9.17) is 9.84 Å². The normalized spacial score (nSPS) is 12.5. The van der Waals surface area contributed by atoms with Crippen molar-refractivity contribution < 1.29 is 23.0 Å². The Morgan fingerprint density at radius 2 is 1.63 bits per heavy atom. The number of rotatable bonds is 7. The Kier molecular flexibility index (Phi) is 6.35. The number of carbonyl (C=O) groups is 1. The van der Waals surface area contributed by atoms with Crippen molar-refractivity contribution in [2.45, 2.75) is 13.2 Å². The molecule has 4 aromatic rings.